The number of ether oxygens (including phenoxy) is 1. The van der Waals surface area contributed by atoms with Gasteiger partial charge in [-0.3, -0.25) is 0 Å². The minimum Gasteiger partial charge on any atom is -0.466 e. The van der Waals surface area contributed by atoms with E-state index in [1.165, 1.54) is 24.9 Å². The third-order valence-electron chi connectivity index (χ3n) is 1.27. The van der Waals surface area contributed by atoms with Gasteiger partial charge in [-0.25, -0.2) is 4.79 Å². The van der Waals surface area contributed by atoms with Crippen molar-refractivity contribution >= 4 is 17.7 Å². The van der Waals surface area contributed by atoms with Crippen LogP contribution in [0.2, 0.25) is 0 Å². The lowest BCUT2D eigenvalue weighted by molar-refractivity contribution is -0.134. The van der Waals surface area contributed by atoms with Crippen molar-refractivity contribution in [3.05, 3.63) is 23.1 Å². The summed E-state index contributed by atoms with van der Waals surface area (Å²) in [6, 6.07) is 0. The van der Waals surface area contributed by atoms with Crippen LogP contribution >= 0.6 is 11.8 Å². The molecule has 78 valence electrons. The quantitative estimate of drug-likeness (QED) is 0.315. The summed E-state index contributed by atoms with van der Waals surface area (Å²) < 4.78 is 4.44. The first-order valence-electron chi connectivity index (χ1n) is 4.17. The molecule has 3 heteroatoms. The van der Waals surface area contributed by atoms with Crippen molar-refractivity contribution in [2.45, 2.75) is 6.92 Å². The Balaban J connectivity index is 4.47. The summed E-state index contributed by atoms with van der Waals surface area (Å²) in [6.07, 6.45) is 6.59. The normalized spacial score (nSPS) is 9.93. The molecule has 0 bridgehead atoms. The van der Waals surface area contributed by atoms with Crippen LogP contribution in [-0.2, 0) is 9.53 Å². The molecule has 0 radical (unpaired) electrons. The van der Waals surface area contributed by atoms with Gasteiger partial charge in [-0.05, 0) is 37.0 Å². The van der Waals surface area contributed by atoms with E-state index in [0.717, 1.165) is 4.91 Å². The third kappa shape index (κ3) is 7.49. The average molecular weight is 220 g/mol. The van der Waals surface area contributed by atoms with E-state index in [9.17, 15) is 4.79 Å². The van der Waals surface area contributed by atoms with E-state index in [-0.39, 0.29) is 5.97 Å². The number of hydrogen-bond donors (Lipinski definition) is 0. The van der Waals surface area contributed by atoms with Crippen molar-refractivity contribution in [1.29, 1.82) is 0 Å². The highest BCUT2D eigenvalue weighted by Crippen LogP contribution is 2.09. The topological polar surface area (TPSA) is 26.3 Å². The molecule has 0 aliphatic rings. The number of esters is 1. The second kappa shape index (κ2) is 8.99. The van der Waals surface area contributed by atoms with Crippen LogP contribution in [-0.4, -0.2) is 19.3 Å². The molecule has 0 amide bonds. The van der Waals surface area contributed by atoms with Gasteiger partial charge in [-0.15, -0.1) is 11.8 Å². The number of carbonyl (C=O) groups is 1. The molecule has 0 rings (SSSR count). The SMILES string of the molecule is CC#CC#CC(=C/C=C\C(=O)OC)SC. The van der Waals surface area contributed by atoms with E-state index in [1.807, 2.05) is 6.26 Å². The highest BCUT2D eigenvalue weighted by atomic mass is 32.2. The molecular formula is C12H12O2S. The zero-order valence-corrected chi connectivity index (χ0v) is 9.77. The van der Waals surface area contributed by atoms with E-state index in [1.54, 1.807) is 19.1 Å². The second-order valence-corrected chi connectivity index (χ2v) is 3.09. The lowest BCUT2D eigenvalue weighted by Gasteiger charge is -1.89. The van der Waals surface area contributed by atoms with Crippen LogP contribution in [0.3, 0.4) is 0 Å². The van der Waals surface area contributed by atoms with Gasteiger partial charge in [0.05, 0.1) is 12.0 Å². The first kappa shape index (κ1) is 13.4. The number of methoxy groups -OCH3 is 1. The van der Waals surface area contributed by atoms with Gasteiger partial charge < -0.3 is 4.74 Å². The maximum absolute atomic E-state index is 10.7. The Bertz CT molecular complexity index is 383. The Morgan fingerprint density at radius 2 is 2.13 bits per heavy atom. The molecule has 0 aromatic heterocycles. The van der Waals surface area contributed by atoms with Gasteiger partial charge in [0.15, 0.2) is 0 Å². The van der Waals surface area contributed by atoms with Crippen molar-refractivity contribution in [1.82, 2.24) is 0 Å². The smallest absolute Gasteiger partial charge is 0.330 e. The zero-order valence-electron chi connectivity index (χ0n) is 8.96. The minimum absolute atomic E-state index is 0.381. The van der Waals surface area contributed by atoms with Crippen LogP contribution in [0.4, 0.5) is 0 Å². The lowest BCUT2D eigenvalue weighted by atomic mass is 10.4. The summed E-state index contributed by atoms with van der Waals surface area (Å²) in [5.41, 5.74) is 0. The maximum Gasteiger partial charge on any atom is 0.330 e. The van der Waals surface area contributed by atoms with Gasteiger partial charge in [0.1, 0.15) is 0 Å². The monoisotopic (exact) mass is 220 g/mol. The summed E-state index contributed by atoms with van der Waals surface area (Å²) in [5, 5.41) is 0. The maximum atomic E-state index is 10.7. The van der Waals surface area contributed by atoms with Crippen molar-refractivity contribution in [2.24, 2.45) is 0 Å². The molecule has 0 fully saturated rings. The molecular weight excluding hydrogens is 208 g/mol. The fraction of sp³-hybridized carbons (Fsp3) is 0.250. The van der Waals surface area contributed by atoms with Crippen molar-refractivity contribution in [3.63, 3.8) is 0 Å². The van der Waals surface area contributed by atoms with E-state index in [4.69, 9.17) is 0 Å². The zero-order chi connectivity index (χ0) is 11.5. The van der Waals surface area contributed by atoms with Crippen LogP contribution in [0.5, 0.6) is 0 Å². The van der Waals surface area contributed by atoms with Gasteiger partial charge >= 0.3 is 5.97 Å². The molecule has 0 saturated heterocycles. The summed E-state index contributed by atoms with van der Waals surface area (Å²) >= 11 is 1.50. The van der Waals surface area contributed by atoms with Gasteiger partial charge in [-0.2, -0.15) is 0 Å². The lowest BCUT2D eigenvalue weighted by Crippen LogP contribution is -1.92. The van der Waals surface area contributed by atoms with Gasteiger partial charge in [0, 0.05) is 6.08 Å². The van der Waals surface area contributed by atoms with Crippen LogP contribution in [0.25, 0.3) is 0 Å². The Hall–Kier alpha value is -1.58. The second-order valence-electron chi connectivity index (χ2n) is 2.24. The fourth-order valence-electron chi connectivity index (χ4n) is 0.598. The molecule has 0 aliphatic carbocycles. The number of rotatable bonds is 3. The Kier molecular flexibility index (Phi) is 8.05. The molecule has 0 N–H and O–H groups in total. The third-order valence-corrected chi connectivity index (χ3v) is 1.95. The molecule has 15 heavy (non-hydrogen) atoms. The fourth-order valence-corrected chi connectivity index (χ4v) is 0.966. The highest BCUT2D eigenvalue weighted by Gasteiger charge is 1.89. The number of hydrogen-bond acceptors (Lipinski definition) is 3. The van der Waals surface area contributed by atoms with Crippen LogP contribution < -0.4 is 0 Å². The predicted octanol–water partition coefficient (Wildman–Crippen LogP) is 1.99. The molecule has 0 heterocycles. The van der Waals surface area contributed by atoms with Gasteiger partial charge in [0.2, 0.25) is 0 Å². The number of carbonyl (C=O) groups excluding carboxylic acids is 1. The molecule has 0 spiro atoms. The molecule has 0 aromatic carbocycles. The molecule has 0 saturated carbocycles. The van der Waals surface area contributed by atoms with Crippen molar-refractivity contribution in [2.75, 3.05) is 13.4 Å². The first-order valence-corrected chi connectivity index (χ1v) is 5.40. The van der Waals surface area contributed by atoms with E-state index >= 15 is 0 Å². The van der Waals surface area contributed by atoms with Crippen molar-refractivity contribution in [3.8, 4) is 23.7 Å². The Labute approximate surface area is 94.8 Å². The largest absolute Gasteiger partial charge is 0.466 e. The molecule has 2 nitrogen and oxygen atoms in total. The molecule has 0 aromatic rings. The standard InChI is InChI=1S/C12H12O2S/c1-4-5-6-8-11(15-3)9-7-10-12(13)14-2/h7,9-10H,1-3H3/b10-7-,11-9?. The minimum atomic E-state index is -0.381. The predicted molar refractivity (Wildman–Crippen MR) is 64.0 cm³/mol. The van der Waals surface area contributed by atoms with E-state index < -0.39 is 0 Å². The first-order chi connectivity index (χ1) is 7.24. The number of allylic oxidation sites excluding steroid dienone is 3. The van der Waals surface area contributed by atoms with Crippen LogP contribution in [0.1, 0.15) is 6.92 Å². The molecule has 0 aliphatic heterocycles. The van der Waals surface area contributed by atoms with Gasteiger partial charge in [-0.1, -0.05) is 12.0 Å². The Morgan fingerprint density at radius 3 is 2.67 bits per heavy atom. The molecule has 0 unspecified atom stereocenters. The van der Waals surface area contributed by atoms with E-state index in [2.05, 4.69) is 28.4 Å². The molecule has 0 atom stereocenters. The Morgan fingerprint density at radius 1 is 1.40 bits per heavy atom. The van der Waals surface area contributed by atoms with Crippen LogP contribution in [0, 0.1) is 23.7 Å². The summed E-state index contributed by atoms with van der Waals surface area (Å²) in [4.78, 5) is 11.6. The van der Waals surface area contributed by atoms with Crippen LogP contribution in [0.15, 0.2) is 23.1 Å². The highest BCUT2D eigenvalue weighted by molar-refractivity contribution is 8.02. The van der Waals surface area contributed by atoms with E-state index in [0.29, 0.717) is 0 Å². The number of thioether (sulfide) groups is 1. The summed E-state index contributed by atoms with van der Waals surface area (Å²) in [6.45, 7) is 1.73. The van der Waals surface area contributed by atoms with Crippen molar-refractivity contribution < 1.29 is 9.53 Å². The van der Waals surface area contributed by atoms with Gasteiger partial charge in [0.25, 0.3) is 0 Å². The average Bonchev–Trinajstić information content (AvgIpc) is 2.26. The summed E-state index contributed by atoms with van der Waals surface area (Å²) in [5.74, 6) is 10.5. The summed E-state index contributed by atoms with van der Waals surface area (Å²) in [7, 11) is 1.34.